The number of carbonyl (C=O) groups is 2. The summed E-state index contributed by atoms with van der Waals surface area (Å²) >= 11 is 3.44. The van der Waals surface area contributed by atoms with Crippen LogP contribution < -0.4 is 4.74 Å². The van der Waals surface area contributed by atoms with E-state index in [-0.39, 0.29) is 11.3 Å². The summed E-state index contributed by atoms with van der Waals surface area (Å²) < 4.78 is 11.1. The Bertz CT molecular complexity index is 956. The number of halogens is 1. The first-order valence-corrected chi connectivity index (χ1v) is 9.94. The molecule has 0 radical (unpaired) electrons. The lowest BCUT2D eigenvalue weighted by atomic mass is 9.95. The van der Waals surface area contributed by atoms with Crippen LogP contribution in [0.5, 0.6) is 5.75 Å². The van der Waals surface area contributed by atoms with Crippen LogP contribution in [-0.4, -0.2) is 49.1 Å². The third-order valence-electron chi connectivity index (χ3n) is 4.80. The van der Waals surface area contributed by atoms with Gasteiger partial charge in [0.2, 0.25) is 0 Å². The Morgan fingerprint density at radius 1 is 1.14 bits per heavy atom. The van der Waals surface area contributed by atoms with Gasteiger partial charge in [0, 0.05) is 30.3 Å². The van der Waals surface area contributed by atoms with Crippen molar-refractivity contribution in [3.8, 4) is 5.75 Å². The maximum Gasteiger partial charge on any atom is 0.295 e. The Balaban J connectivity index is 2.13. The molecular weight excluding hydrogens is 438 g/mol. The number of carbonyl (C=O) groups excluding carboxylic acids is 2. The molecule has 29 heavy (non-hydrogen) atoms. The first-order chi connectivity index (χ1) is 14.0. The highest BCUT2D eigenvalue weighted by Gasteiger charge is 2.45. The molecule has 152 valence electrons. The molecule has 1 saturated heterocycles. The molecular formula is C22H22BrNO5. The van der Waals surface area contributed by atoms with E-state index in [9.17, 15) is 14.7 Å². The molecule has 0 spiro atoms. The normalized spacial score (nSPS) is 18.3. The van der Waals surface area contributed by atoms with Gasteiger partial charge in [0.05, 0.1) is 18.7 Å². The molecule has 0 aromatic heterocycles. The van der Waals surface area contributed by atoms with Crippen LogP contribution >= 0.6 is 15.9 Å². The van der Waals surface area contributed by atoms with Crippen molar-refractivity contribution in [3.63, 3.8) is 0 Å². The minimum atomic E-state index is -0.701. The van der Waals surface area contributed by atoms with Gasteiger partial charge in [-0.3, -0.25) is 9.59 Å². The van der Waals surface area contributed by atoms with Crippen molar-refractivity contribution in [2.24, 2.45) is 0 Å². The predicted octanol–water partition coefficient (Wildman–Crippen LogP) is 3.92. The molecule has 1 aliphatic rings. The van der Waals surface area contributed by atoms with Gasteiger partial charge in [0.25, 0.3) is 11.7 Å². The SMILES string of the molecule is COCCCN1C(=O)C(=O)/C(=C(/O)c2cccc(OC)c2)C1c1cccc(Br)c1. The van der Waals surface area contributed by atoms with Crippen LogP contribution in [0.4, 0.5) is 0 Å². The Morgan fingerprint density at radius 2 is 1.90 bits per heavy atom. The summed E-state index contributed by atoms with van der Waals surface area (Å²) in [5.74, 6) is -1.01. The Kier molecular flexibility index (Phi) is 6.71. The molecule has 1 heterocycles. The molecule has 3 rings (SSSR count). The fourth-order valence-electron chi connectivity index (χ4n) is 3.44. The number of rotatable bonds is 7. The number of Topliss-reactive ketones (excluding diaryl/α,β-unsaturated/α-hetero) is 1. The average Bonchev–Trinajstić information content (AvgIpc) is 2.98. The lowest BCUT2D eigenvalue weighted by Crippen LogP contribution is -2.31. The number of amides is 1. The second-order valence-corrected chi connectivity index (χ2v) is 7.54. The standard InChI is InChI=1S/C22H22BrNO5/c1-28-11-5-10-24-19(14-6-3-8-16(23)12-14)18(21(26)22(24)27)20(25)15-7-4-9-17(13-15)29-2/h3-4,6-9,12-13,19,25H,5,10-11H2,1-2H3/b20-18+. The van der Waals surface area contributed by atoms with Crippen molar-refractivity contribution in [3.05, 3.63) is 69.7 Å². The minimum Gasteiger partial charge on any atom is -0.507 e. The highest BCUT2D eigenvalue weighted by atomic mass is 79.9. The monoisotopic (exact) mass is 459 g/mol. The topological polar surface area (TPSA) is 76.1 Å². The fraction of sp³-hybridized carbons (Fsp3) is 0.273. The van der Waals surface area contributed by atoms with Gasteiger partial charge < -0.3 is 19.5 Å². The maximum atomic E-state index is 12.9. The molecule has 7 heteroatoms. The van der Waals surface area contributed by atoms with Crippen LogP contribution in [0.25, 0.3) is 5.76 Å². The van der Waals surface area contributed by atoms with Crippen molar-refractivity contribution in [2.45, 2.75) is 12.5 Å². The zero-order valence-electron chi connectivity index (χ0n) is 16.2. The number of methoxy groups -OCH3 is 2. The van der Waals surface area contributed by atoms with E-state index in [0.29, 0.717) is 30.9 Å². The smallest absolute Gasteiger partial charge is 0.295 e. The second-order valence-electron chi connectivity index (χ2n) is 6.63. The van der Waals surface area contributed by atoms with Gasteiger partial charge in [0.15, 0.2) is 0 Å². The lowest BCUT2D eigenvalue weighted by Gasteiger charge is -2.25. The quantitative estimate of drug-likeness (QED) is 0.294. The first kappa shape index (κ1) is 21.1. The van der Waals surface area contributed by atoms with Crippen molar-refractivity contribution < 1.29 is 24.2 Å². The van der Waals surface area contributed by atoms with Crippen LogP contribution in [0.15, 0.2) is 58.6 Å². The largest absolute Gasteiger partial charge is 0.507 e. The number of aliphatic hydroxyl groups excluding tert-OH is 1. The molecule has 2 aromatic carbocycles. The maximum absolute atomic E-state index is 12.9. The van der Waals surface area contributed by atoms with Crippen molar-refractivity contribution >= 4 is 33.4 Å². The van der Waals surface area contributed by atoms with E-state index in [1.165, 1.54) is 12.0 Å². The molecule has 6 nitrogen and oxygen atoms in total. The molecule has 1 N–H and O–H groups in total. The molecule has 2 aromatic rings. The van der Waals surface area contributed by atoms with Gasteiger partial charge in [-0.1, -0.05) is 40.2 Å². The predicted molar refractivity (Wildman–Crippen MR) is 113 cm³/mol. The molecule has 1 aliphatic heterocycles. The van der Waals surface area contributed by atoms with Crippen LogP contribution in [0.2, 0.25) is 0 Å². The van der Waals surface area contributed by atoms with E-state index in [0.717, 1.165) is 10.0 Å². The Hall–Kier alpha value is -2.64. The van der Waals surface area contributed by atoms with Gasteiger partial charge in [-0.05, 0) is 36.2 Å². The molecule has 1 unspecified atom stereocenters. The zero-order chi connectivity index (χ0) is 21.0. The van der Waals surface area contributed by atoms with Gasteiger partial charge >= 0.3 is 0 Å². The third kappa shape index (κ3) is 4.36. The van der Waals surface area contributed by atoms with Gasteiger partial charge in [-0.2, -0.15) is 0 Å². The number of benzene rings is 2. The number of aliphatic hydroxyl groups is 1. The van der Waals surface area contributed by atoms with Crippen LogP contribution in [0.3, 0.4) is 0 Å². The summed E-state index contributed by atoms with van der Waals surface area (Å²) in [5.41, 5.74) is 1.22. The number of hydrogen-bond acceptors (Lipinski definition) is 5. The van der Waals surface area contributed by atoms with Crippen molar-refractivity contribution in [1.82, 2.24) is 4.90 Å². The highest BCUT2D eigenvalue weighted by Crippen LogP contribution is 2.40. The third-order valence-corrected chi connectivity index (χ3v) is 5.29. The number of likely N-dealkylation sites (tertiary alicyclic amines) is 1. The Labute approximate surface area is 177 Å². The minimum absolute atomic E-state index is 0.0683. The Morgan fingerprint density at radius 3 is 2.59 bits per heavy atom. The van der Waals surface area contributed by atoms with E-state index in [1.54, 1.807) is 31.4 Å². The van der Waals surface area contributed by atoms with Crippen LogP contribution in [-0.2, 0) is 14.3 Å². The number of ether oxygens (including phenoxy) is 2. The lowest BCUT2D eigenvalue weighted by molar-refractivity contribution is -0.140. The fourth-order valence-corrected chi connectivity index (χ4v) is 3.86. The molecule has 0 saturated carbocycles. The van der Waals surface area contributed by atoms with Crippen molar-refractivity contribution in [1.29, 1.82) is 0 Å². The number of hydrogen-bond donors (Lipinski definition) is 1. The van der Waals surface area contributed by atoms with E-state index < -0.39 is 17.7 Å². The summed E-state index contributed by atoms with van der Waals surface area (Å²) in [6.45, 7) is 0.800. The first-order valence-electron chi connectivity index (χ1n) is 9.15. The highest BCUT2D eigenvalue weighted by molar-refractivity contribution is 9.10. The van der Waals surface area contributed by atoms with E-state index in [1.807, 2.05) is 24.3 Å². The second kappa shape index (κ2) is 9.24. The summed E-state index contributed by atoms with van der Waals surface area (Å²) in [7, 11) is 3.11. The molecule has 0 aliphatic carbocycles. The summed E-state index contributed by atoms with van der Waals surface area (Å²) in [4.78, 5) is 27.2. The molecule has 1 atom stereocenters. The summed E-state index contributed by atoms with van der Waals surface area (Å²) in [6.07, 6.45) is 0.577. The average molecular weight is 460 g/mol. The van der Waals surface area contributed by atoms with E-state index in [2.05, 4.69) is 15.9 Å². The van der Waals surface area contributed by atoms with Gasteiger partial charge in [-0.25, -0.2) is 0 Å². The molecule has 1 fully saturated rings. The molecule has 1 amide bonds. The number of ketones is 1. The van der Waals surface area contributed by atoms with Crippen LogP contribution in [0, 0.1) is 0 Å². The van der Waals surface area contributed by atoms with Crippen LogP contribution in [0.1, 0.15) is 23.6 Å². The van der Waals surface area contributed by atoms with Gasteiger partial charge in [-0.15, -0.1) is 0 Å². The number of nitrogens with zero attached hydrogens (tertiary/aromatic N) is 1. The molecule has 0 bridgehead atoms. The van der Waals surface area contributed by atoms with E-state index >= 15 is 0 Å². The van der Waals surface area contributed by atoms with Gasteiger partial charge in [0.1, 0.15) is 11.5 Å². The summed E-state index contributed by atoms with van der Waals surface area (Å²) in [5, 5.41) is 11.0. The van der Waals surface area contributed by atoms with Crippen molar-refractivity contribution in [2.75, 3.05) is 27.4 Å². The zero-order valence-corrected chi connectivity index (χ0v) is 17.8. The summed E-state index contributed by atoms with van der Waals surface area (Å²) in [6, 6.07) is 13.5. The van der Waals surface area contributed by atoms with E-state index in [4.69, 9.17) is 9.47 Å².